The van der Waals surface area contributed by atoms with E-state index in [1.807, 2.05) is 30.3 Å². The number of morpholine rings is 1. The van der Waals surface area contributed by atoms with Crippen LogP contribution >= 0.6 is 0 Å². The van der Waals surface area contributed by atoms with Gasteiger partial charge in [0.05, 0.1) is 18.9 Å². The summed E-state index contributed by atoms with van der Waals surface area (Å²) >= 11 is 0. The SMILES string of the molecule is C[C@H](CNC(=O)c1ccn(-c2ccccc2)n1)N1CCOCC1. The van der Waals surface area contributed by atoms with Crippen molar-refractivity contribution in [1.29, 1.82) is 0 Å². The van der Waals surface area contributed by atoms with Gasteiger partial charge < -0.3 is 10.1 Å². The van der Waals surface area contributed by atoms with Crippen LogP contribution in [0.5, 0.6) is 0 Å². The van der Waals surface area contributed by atoms with Crippen molar-refractivity contribution in [3.63, 3.8) is 0 Å². The molecule has 1 aromatic carbocycles. The highest BCUT2D eigenvalue weighted by Crippen LogP contribution is 2.07. The maximum absolute atomic E-state index is 12.2. The molecule has 6 nitrogen and oxygen atoms in total. The second-order valence-electron chi connectivity index (χ2n) is 5.69. The number of carbonyl (C=O) groups is 1. The van der Waals surface area contributed by atoms with E-state index in [-0.39, 0.29) is 5.91 Å². The lowest BCUT2D eigenvalue weighted by molar-refractivity contribution is 0.0204. The van der Waals surface area contributed by atoms with Crippen molar-refractivity contribution in [2.75, 3.05) is 32.8 Å². The number of ether oxygens (including phenoxy) is 1. The van der Waals surface area contributed by atoms with Crippen LogP contribution in [0.4, 0.5) is 0 Å². The molecule has 0 unspecified atom stereocenters. The molecule has 0 radical (unpaired) electrons. The van der Waals surface area contributed by atoms with Crippen molar-refractivity contribution in [3.8, 4) is 5.69 Å². The van der Waals surface area contributed by atoms with Crippen LogP contribution in [0, 0.1) is 0 Å². The molecule has 1 saturated heterocycles. The monoisotopic (exact) mass is 314 g/mol. The summed E-state index contributed by atoms with van der Waals surface area (Å²) in [6, 6.07) is 11.8. The van der Waals surface area contributed by atoms with E-state index in [1.54, 1.807) is 16.9 Å². The van der Waals surface area contributed by atoms with E-state index in [2.05, 4.69) is 22.2 Å². The zero-order chi connectivity index (χ0) is 16.1. The highest BCUT2D eigenvalue weighted by atomic mass is 16.5. The van der Waals surface area contributed by atoms with Crippen molar-refractivity contribution in [2.45, 2.75) is 13.0 Å². The first kappa shape index (κ1) is 15.7. The van der Waals surface area contributed by atoms with Crippen molar-refractivity contribution in [2.24, 2.45) is 0 Å². The molecule has 6 heteroatoms. The second-order valence-corrected chi connectivity index (χ2v) is 5.69. The molecule has 23 heavy (non-hydrogen) atoms. The molecule has 1 aromatic heterocycles. The molecule has 3 rings (SSSR count). The summed E-state index contributed by atoms with van der Waals surface area (Å²) in [5, 5.41) is 7.31. The van der Waals surface area contributed by atoms with Gasteiger partial charge in [-0.1, -0.05) is 18.2 Å². The summed E-state index contributed by atoms with van der Waals surface area (Å²) < 4.78 is 7.06. The van der Waals surface area contributed by atoms with Crippen molar-refractivity contribution < 1.29 is 9.53 Å². The van der Waals surface area contributed by atoms with Crippen LogP contribution in [0.25, 0.3) is 5.69 Å². The van der Waals surface area contributed by atoms with E-state index in [1.165, 1.54) is 0 Å². The minimum absolute atomic E-state index is 0.139. The molecule has 0 aliphatic carbocycles. The largest absolute Gasteiger partial charge is 0.379 e. The van der Waals surface area contributed by atoms with Gasteiger partial charge in [-0.15, -0.1) is 0 Å². The number of amides is 1. The van der Waals surface area contributed by atoms with Crippen LogP contribution in [-0.4, -0.2) is 59.5 Å². The molecule has 122 valence electrons. The van der Waals surface area contributed by atoms with E-state index in [4.69, 9.17) is 4.74 Å². The smallest absolute Gasteiger partial charge is 0.271 e. The van der Waals surface area contributed by atoms with Gasteiger partial charge in [-0.05, 0) is 25.1 Å². The van der Waals surface area contributed by atoms with Crippen LogP contribution < -0.4 is 5.32 Å². The molecule has 1 aliphatic rings. The van der Waals surface area contributed by atoms with Gasteiger partial charge in [0.15, 0.2) is 5.69 Å². The molecular formula is C17H22N4O2. The minimum Gasteiger partial charge on any atom is -0.379 e. The van der Waals surface area contributed by atoms with Gasteiger partial charge in [-0.25, -0.2) is 4.68 Å². The first-order valence-electron chi connectivity index (χ1n) is 7.95. The highest BCUT2D eigenvalue weighted by Gasteiger charge is 2.18. The molecule has 2 aromatic rings. The number of rotatable bonds is 5. The lowest BCUT2D eigenvalue weighted by Crippen LogP contribution is -2.47. The van der Waals surface area contributed by atoms with Crippen molar-refractivity contribution in [3.05, 3.63) is 48.3 Å². The predicted octanol–water partition coefficient (Wildman–Crippen LogP) is 1.32. The Kier molecular flexibility index (Phi) is 5.05. The molecule has 2 heterocycles. The van der Waals surface area contributed by atoms with E-state index < -0.39 is 0 Å². The lowest BCUT2D eigenvalue weighted by Gasteiger charge is -2.32. The number of hydrogen-bond acceptors (Lipinski definition) is 4. The summed E-state index contributed by atoms with van der Waals surface area (Å²) in [7, 11) is 0. The molecule has 1 amide bonds. The summed E-state index contributed by atoms with van der Waals surface area (Å²) in [4.78, 5) is 14.6. The molecular weight excluding hydrogens is 292 g/mol. The average Bonchev–Trinajstić information content (AvgIpc) is 3.11. The number of nitrogens with one attached hydrogen (secondary N) is 1. The Labute approximate surface area is 136 Å². The summed E-state index contributed by atoms with van der Waals surface area (Å²) in [6.07, 6.45) is 1.80. The van der Waals surface area contributed by atoms with Gasteiger partial charge in [-0.2, -0.15) is 5.10 Å². The van der Waals surface area contributed by atoms with Gasteiger partial charge in [0, 0.05) is 31.9 Å². The Morgan fingerprint density at radius 3 is 2.74 bits per heavy atom. The van der Waals surface area contributed by atoms with Gasteiger partial charge in [0.1, 0.15) is 0 Å². The molecule has 1 aliphatic heterocycles. The standard InChI is InChI=1S/C17H22N4O2/c1-14(20-9-11-23-12-10-20)13-18-17(22)16-7-8-21(19-16)15-5-3-2-4-6-15/h2-8,14H,9-13H2,1H3,(H,18,22)/t14-/m1/s1. The first-order valence-corrected chi connectivity index (χ1v) is 7.95. The topological polar surface area (TPSA) is 59.4 Å². The average molecular weight is 314 g/mol. The van der Waals surface area contributed by atoms with E-state index in [0.29, 0.717) is 18.3 Å². The lowest BCUT2D eigenvalue weighted by atomic mass is 10.2. The van der Waals surface area contributed by atoms with Gasteiger partial charge in [-0.3, -0.25) is 9.69 Å². The van der Waals surface area contributed by atoms with Crippen LogP contribution in [-0.2, 0) is 4.74 Å². The Morgan fingerprint density at radius 1 is 1.26 bits per heavy atom. The third-order valence-corrected chi connectivity index (χ3v) is 4.07. The molecule has 0 bridgehead atoms. The maximum atomic E-state index is 12.2. The number of para-hydroxylation sites is 1. The maximum Gasteiger partial charge on any atom is 0.271 e. The van der Waals surface area contributed by atoms with E-state index in [0.717, 1.165) is 32.0 Å². The zero-order valence-corrected chi connectivity index (χ0v) is 13.3. The fourth-order valence-corrected chi connectivity index (χ4v) is 2.65. The Balaban J connectivity index is 1.55. The summed E-state index contributed by atoms with van der Waals surface area (Å²) in [6.45, 7) is 6.09. The third-order valence-electron chi connectivity index (χ3n) is 4.07. The Morgan fingerprint density at radius 2 is 2.00 bits per heavy atom. The molecule has 1 fully saturated rings. The van der Waals surface area contributed by atoms with E-state index >= 15 is 0 Å². The normalized spacial score (nSPS) is 16.9. The molecule has 1 atom stereocenters. The quantitative estimate of drug-likeness (QED) is 0.904. The van der Waals surface area contributed by atoms with Gasteiger partial charge in [0.25, 0.3) is 5.91 Å². The summed E-state index contributed by atoms with van der Waals surface area (Å²) in [5.41, 5.74) is 1.37. The molecule has 1 N–H and O–H groups in total. The highest BCUT2D eigenvalue weighted by molar-refractivity contribution is 5.92. The number of aromatic nitrogens is 2. The zero-order valence-electron chi connectivity index (χ0n) is 13.3. The molecule has 0 spiro atoms. The van der Waals surface area contributed by atoms with E-state index in [9.17, 15) is 4.79 Å². The van der Waals surface area contributed by atoms with Gasteiger partial charge >= 0.3 is 0 Å². The van der Waals surface area contributed by atoms with Crippen LogP contribution in [0.2, 0.25) is 0 Å². The third kappa shape index (κ3) is 3.97. The number of hydrogen-bond donors (Lipinski definition) is 1. The Bertz CT molecular complexity index is 635. The molecule has 0 saturated carbocycles. The fourth-order valence-electron chi connectivity index (χ4n) is 2.65. The Hall–Kier alpha value is -2.18. The minimum atomic E-state index is -0.139. The fraction of sp³-hybridized carbons (Fsp3) is 0.412. The van der Waals surface area contributed by atoms with Gasteiger partial charge in [0.2, 0.25) is 0 Å². The van der Waals surface area contributed by atoms with Crippen LogP contribution in [0.15, 0.2) is 42.6 Å². The predicted molar refractivity (Wildman–Crippen MR) is 87.8 cm³/mol. The number of carbonyl (C=O) groups excluding carboxylic acids is 1. The number of nitrogens with zero attached hydrogens (tertiary/aromatic N) is 3. The first-order chi connectivity index (χ1) is 11.2. The van der Waals surface area contributed by atoms with Crippen molar-refractivity contribution >= 4 is 5.91 Å². The second kappa shape index (κ2) is 7.39. The van der Waals surface area contributed by atoms with Crippen molar-refractivity contribution in [1.82, 2.24) is 20.0 Å². The van der Waals surface area contributed by atoms with Crippen LogP contribution in [0.3, 0.4) is 0 Å². The summed E-state index contributed by atoms with van der Waals surface area (Å²) in [5.74, 6) is -0.139. The van der Waals surface area contributed by atoms with Crippen LogP contribution in [0.1, 0.15) is 17.4 Å². The number of benzene rings is 1.